The normalized spacial score (nSPS) is 13.3. The second-order valence-electron chi connectivity index (χ2n) is 2.69. The molecule has 0 aliphatic heterocycles. The maximum absolute atomic E-state index is 10.6. The number of aromatic amines is 1. The van der Waals surface area contributed by atoms with Gasteiger partial charge in [0.1, 0.15) is 5.76 Å². The van der Waals surface area contributed by atoms with Gasteiger partial charge in [-0.05, 0) is 13.3 Å². The van der Waals surface area contributed by atoms with E-state index >= 15 is 0 Å². The molecule has 0 amide bonds. The first-order chi connectivity index (χ1) is 5.18. The zero-order valence-corrected chi connectivity index (χ0v) is 6.46. The van der Waals surface area contributed by atoms with Gasteiger partial charge in [-0.3, -0.25) is 4.79 Å². The molecule has 1 unspecified atom stereocenters. The lowest BCUT2D eigenvalue weighted by Gasteiger charge is -1.99. The van der Waals surface area contributed by atoms with Crippen molar-refractivity contribution >= 4 is 0 Å². The summed E-state index contributed by atoms with van der Waals surface area (Å²) in [6.07, 6.45) is 1.55. The van der Waals surface area contributed by atoms with Crippen LogP contribution < -0.4 is 11.3 Å². The van der Waals surface area contributed by atoms with E-state index in [0.717, 1.165) is 12.8 Å². The molecule has 4 nitrogen and oxygen atoms in total. The van der Waals surface area contributed by atoms with Crippen LogP contribution in [0.15, 0.2) is 15.4 Å². The van der Waals surface area contributed by atoms with E-state index in [0.29, 0.717) is 5.76 Å². The Kier molecular flexibility index (Phi) is 2.48. The number of aromatic nitrogens is 1. The van der Waals surface area contributed by atoms with Crippen LogP contribution in [-0.2, 0) is 6.42 Å². The van der Waals surface area contributed by atoms with Gasteiger partial charge in [-0.25, -0.2) is 0 Å². The van der Waals surface area contributed by atoms with Gasteiger partial charge >= 0.3 is 0 Å². The van der Waals surface area contributed by atoms with Crippen LogP contribution >= 0.6 is 0 Å². The highest BCUT2D eigenvalue weighted by molar-refractivity contribution is 4.93. The highest BCUT2D eigenvalue weighted by Crippen LogP contribution is 1.99. The van der Waals surface area contributed by atoms with E-state index in [1.54, 1.807) is 0 Å². The fourth-order valence-electron chi connectivity index (χ4n) is 0.814. The van der Waals surface area contributed by atoms with Gasteiger partial charge in [0, 0.05) is 18.5 Å². The summed E-state index contributed by atoms with van der Waals surface area (Å²) in [7, 11) is 0. The van der Waals surface area contributed by atoms with Crippen LogP contribution in [0.4, 0.5) is 0 Å². The Morgan fingerprint density at radius 1 is 1.82 bits per heavy atom. The van der Waals surface area contributed by atoms with Crippen molar-refractivity contribution in [3.8, 4) is 0 Å². The van der Waals surface area contributed by atoms with Crippen molar-refractivity contribution in [2.75, 3.05) is 0 Å². The van der Waals surface area contributed by atoms with E-state index in [1.165, 1.54) is 6.07 Å². The third-order valence-electron chi connectivity index (χ3n) is 1.42. The molecule has 0 aliphatic carbocycles. The highest BCUT2D eigenvalue weighted by atomic mass is 16.5. The van der Waals surface area contributed by atoms with Crippen molar-refractivity contribution < 1.29 is 4.52 Å². The Morgan fingerprint density at radius 3 is 3.00 bits per heavy atom. The predicted octanol–water partition coefficient (Wildman–Crippen LogP) is 0.248. The predicted molar refractivity (Wildman–Crippen MR) is 41.3 cm³/mol. The molecule has 0 saturated heterocycles. The zero-order valence-electron chi connectivity index (χ0n) is 6.46. The Labute approximate surface area is 64.4 Å². The van der Waals surface area contributed by atoms with Crippen LogP contribution in [0.3, 0.4) is 0 Å². The zero-order chi connectivity index (χ0) is 8.27. The number of nitrogens with one attached hydrogen (secondary N) is 1. The van der Waals surface area contributed by atoms with Crippen molar-refractivity contribution in [1.29, 1.82) is 0 Å². The molecule has 0 saturated carbocycles. The second kappa shape index (κ2) is 3.39. The van der Waals surface area contributed by atoms with E-state index in [1.807, 2.05) is 6.92 Å². The molecule has 0 radical (unpaired) electrons. The van der Waals surface area contributed by atoms with Crippen LogP contribution in [0.2, 0.25) is 0 Å². The van der Waals surface area contributed by atoms with Gasteiger partial charge in [0.2, 0.25) is 0 Å². The molecule has 0 aliphatic rings. The van der Waals surface area contributed by atoms with E-state index in [-0.39, 0.29) is 11.6 Å². The third-order valence-corrected chi connectivity index (χ3v) is 1.42. The van der Waals surface area contributed by atoms with E-state index < -0.39 is 0 Å². The van der Waals surface area contributed by atoms with Gasteiger partial charge in [-0.1, -0.05) is 0 Å². The summed E-state index contributed by atoms with van der Waals surface area (Å²) in [6, 6.07) is 1.60. The number of nitrogens with two attached hydrogens (primary N) is 1. The van der Waals surface area contributed by atoms with Crippen molar-refractivity contribution in [3.05, 3.63) is 22.2 Å². The monoisotopic (exact) mass is 156 g/mol. The topological polar surface area (TPSA) is 72.0 Å². The van der Waals surface area contributed by atoms with E-state index in [2.05, 4.69) is 5.16 Å². The van der Waals surface area contributed by atoms with Crippen LogP contribution in [-0.4, -0.2) is 11.2 Å². The first-order valence-electron chi connectivity index (χ1n) is 3.61. The van der Waals surface area contributed by atoms with Gasteiger partial charge in [-0.15, -0.1) is 0 Å². The molecule has 11 heavy (non-hydrogen) atoms. The second-order valence-corrected chi connectivity index (χ2v) is 2.69. The first kappa shape index (κ1) is 8.07. The molecule has 0 spiro atoms. The number of aryl methyl sites for hydroxylation is 1. The Bertz CT molecular complexity index is 261. The summed E-state index contributed by atoms with van der Waals surface area (Å²) in [5.41, 5.74) is 5.33. The smallest absolute Gasteiger partial charge is 0.280 e. The minimum absolute atomic E-state index is 0.148. The summed E-state index contributed by atoms with van der Waals surface area (Å²) < 4.78 is 4.82. The number of H-pyrrole nitrogens is 1. The van der Waals surface area contributed by atoms with Crippen molar-refractivity contribution in [1.82, 2.24) is 5.16 Å². The van der Waals surface area contributed by atoms with Gasteiger partial charge in [0.05, 0.1) is 0 Å². The molecule has 1 heterocycles. The van der Waals surface area contributed by atoms with Crippen LogP contribution in [0, 0.1) is 0 Å². The van der Waals surface area contributed by atoms with Crippen molar-refractivity contribution in [3.63, 3.8) is 0 Å². The molecule has 1 atom stereocenters. The lowest BCUT2D eigenvalue weighted by atomic mass is 10.2. The molecule has 1 aromatic rings. The average molecular weight is 156 g/mol. The Balaban J connectivity index is 2.45. The SMILES string of the molecule is CC(N)CCc1cc(=O)[nH]o1. The molecule has 3 N–H and O–H groups in total. The molecular weight excluding hydrogens is 144 g/mol. The van der Waals surface area contributed by atoms with Crippen LogP contribution in [0.25, 0.3) is 0 Å². The molecule has 0 fully saturated rings. The Hall–Kier alpha value is -1.03. The summed E-state index contributed by atoms with van der Waals surface area (Å²) >= 11 is 0. The quantitative estimate of drug-likeness (QED) is 0.658. The minimum atomic E-state index is -0.190. The largest absolute Gasteiger partial charge is 0.384 e. The van der Waals surface area contributed by atoms with E-state index in [4.69, 9.17) is 10.3 Å². The lowest BCUT2D eigenvalue weighted by molar-refractivity contribution is 0.373. The first-order valence-corrected chi connectivity index (χ1v) is 3.61. The molecule has 1 rings (SSSR count). The summed E-state index contributed by atoms with van der Waals surface area (Å²) in [4.78, 5) is 10.6. The summed E-state index contributed by atoms with van der Waals surface area (Å²) in [6.45, 7) is 1.92. The maximum atomic E-state index is 10.6. The standard InChI is InChI=1S/C7H12N2O2/c1-5(8)2-3-6-4-7(10)9-11-6/h4-5H,2-3,8H2,1H3,(H,9,10). The maximum Gasteiger partial charge on any atom is 0.280 e. The van der Waals surface area contributed by atoms with Crippen molar-refractivity contribution in [2.24, 2.45) is 5.73 Å². The van der Waals surface area contributed by atoms with Gasteiger partial charge < -0.3 is 10.3 Å². The van der Waals surface area contributed by atoms with E-state index in [9.17, 15) is 4.79 Å². The fraction of sp³-hybridized carbons (Fsp3) is 0.571. The Morgan fingerprint density at radius 2 is 2.55 bits per heavy atom. The molecule has 1 aromatic heterocycles. The molecule has 4 heteroatoms. The lowest BCUT2D eigenvalue weighted by Crippen LogP contribution is -2.15. The number of hydrogen-bond donors (Lipinski definition) is 2. The molecular formula is C7H12N2O2. The molecule has 62 valence electrons. The summed E-state index contributed by atoms with van der Waals surface area (Å²) in [5.74, 6) is 0.673. The molecule has 0 bridgehead atoms. The van der Waals surface area contributed by atoms with Crippen LogP contribution in [0.5, 0.6) is 0 Å². The number of hydrogen-bond acceptors (Lipinski definition) is 3. The highest BCUT2D eigenvalue weighted by Gasteiger charge is 2.00. The minimum Gasteiger partial charge on any atom is -0.384 e. The third kappa shape index (κ3) is 2.59. The molecule has 0 aromatic carbocycles. The average Bonchev–Trinajstić information content (AvgIpc) is 2.31. The van der Waals surface area contributed by atoms with Gasteiger partial charge in [0.15, 0.2) is 0 Å². The van der Waals surface area contributed by atoms with Gasteiger partial charge in [0.25, 0.3) is 5.56 Å². The van der Waals surface area contributed by atoms with Crippen LogP contribution in [0.1, 0.15) is 19.1 Å². The fourth-order valence-corrected chi connectivity index (χ4v) is 0.814. The summed E-state index contributed by atoms with van der Waals surface area (Å²) in [5, 5.41) is 2.22. The number of rotatable bonds is 3. The van der Waals surface area contributed by atoms with Gasteiger partial charge in [-0.2, -0.15) is 5.16 Å². The van der Waals surface area contributed by atoms with Crippen molar-refractivity contribution in [2.45, 2.75) is 25.8 Å².